The van der Waals surface area contributed by atoms with E-state index in [4.69, 9.17) is 9.47 Å². The van der Waals surface area contributed by atoms with Crippen molar-refractivity contribution < 1.29 is 14.3 Å². The maximum Gasteiger partial charge on any atom is 0.138 e. The molecule has 0 saturated heterocycles. The number of aromatic nitrogens is 1. The Hall–Kier alpha value is -1.86. The number of hydrogen-bond acceptors (Lipinski definition) is 4. The fraction of sp³-hybridized carbons (Fsp3) is 0.500. The summed E-state index contributed by atoms with van der Waals surface area (Å²) in [5.74, 6) is 6.75. The summed E-state index contributed by atoms with van der Waals surface area (Å²) < 4.78 is 11.0. The van der Waals surface area contributed by atoms with Gasteiger partial charge >= 0.3 is 0 Å². The summed E-state index contributed by atoms with van der Waals surface area (Å²) in [7, 11) is 0. The number of carbonyl (C=O) groups excluding carboxylic acids is 1. The number of pyridine rings is 1. The van der Waals surface area contributed by atoms with Crippen LogP contribution >= 0.6 is 0 Å². The molecule has 1 heterocycles. The van der Waals surface area contributed by atoms with Gasteiger partial charge in [0.05, 0.1) is 6.20 Å². The SMILES string of the molecule is CCCOCC#Cc1ccc(OC2CC(C=O)C2)cn1. The standard InChI is InChI=1S/C16H19NO3/c1-2-7-19-8-3-4-14-5-6-15(11-17-14)20-16-9-13(10-16)12-18/h5-6,11-13,16H,2,7-10H2,1H3. The molecule has 0 amide bonds. The fourth-order valence-corrected chi connectivity index (χ4v) is 1.92. The molecule has 2 rings (SSSR count). The van der Waals surface area contributed by atoms with Crippen molar-refractivity contribution in [3.8, 4) is 17.6 Å². The van der Waals surface area contributed by atoms with E-state index in [1.54, 1.807) is 6.20 Å². The van der Waals surface area contributed by atoms with E-state index < -0.39 is 0 Å². The summed E-state index contributed by atoms with van der Waals surface area (Å²) in [4.78, 5) is 14.7. The van der Waals surface area contributed by atoms with Gasteiger partial charge in [-0.15, -0.1) is 0 Å². The Bertz CT molecular complexity index is 481. The number of ether oxygens (including phenoxy) is 2. The highest BCUT2D eigenvalue weighted by Crippen LogP contribution is 2.29. The van der Waals surface area contributed by atoms with E-state index in [-0.39, 0.29) is 12.0 Å². The van der Waals surface area contributed by atoms with Crippen LogP contribution in [0.5, 0.6) is 5.75 Å². The molecule has 1 aromatic rings. The molecule has 0 spiro atoms. The largest absolute Gasteiger partial charge is 0.489 e. The van der Waals surface area contributed by atoms with Crippen LogP contribution in [0.4, 0.5) is 0 Å². The van der Waals surface area contributed by atoms with Crippen LogP contribution in [0.2, 0.25) is 0 Å². The van der Waals surface area contributed by atoms with Gasteiger partial charge in [-0.3, -0.25) is 0 Å². The molecule has 1 aromatic heterocycles. The molecule has 0 atom stereocenters. The molecule has 0 aromatic carbocycles. The van der Waals surface area contributed by atoms with Crippen molar-refractivity contribution in [2.75, 3.05) is 13.2 Å². The lowest BCUT2D eigenvalue weighted by molar-refractivity contribution is -0.116. The average Bonchev–Trinajstić information content (AvgIpc) is 2.43. The summed E-state index contributed by atoms with van der Waals surface area (Å²) in [6.07, 6.45) is 5.42. The van der Waals surface area contributed by atoms with Crippen molar-refractivity contribution in [1.82, 2.24) is 4.98 Å². The Balaban J connectivity index is 1.76. The number of hydrogen-bond donors (Lipinski definition) is 0. The summed E-state index contributed by atoms with van der Waals surface area (Å²) in [5.41, 5.74) is 0.705. The molecule has 1 saturated carbocycles. The Kier molecular flexibility index (Phi) is 5.57. The highest BCUT2D eigenvalue weighted by molar-refractivity contribution is 5.55. The zero-order valence-corrected chi connectivity index (χ0v) is 11.7. The Morgan fingerprint density at radius 1 is 1.45 bits per heavy atom. The Labute approximate surface area is 119 Å². The molecule has 0 bridgehead atoms. The minimum absolute atomic E-state index is 0.145. The third kappa shape index (κ3) is 4.36. The maximum absolute atomic E-state index is 10.5. The van der Waals surface area contributed by atoms with Crippen LogP contribution < -0.4 is 4.74 Å². The predicted molar refractivity (Wildman–Crippen MR) is 75.4 cm³/mol. The first-order valence-corrected chi connectivity index (χ1v) is 6.96. The smallest absolute Gasteiger partial charge is 0.138 e. The number of rotatable bonds is 6. The number of nitrogens with zero attached hydrogens (tertiary/aromatic N) is 1. The lowest BCUT2D eigenvalue weighted by atomic mass is 9.83. The second-order valence-corrected chi connectivity index (χ2v) is 4.84. The van der Waals surface area contributed by atoms with Crippen molar-refractivity contribution in [3.63, 3.8) is 0 Å². The first-order chi connectivity index (χ1) is 9.81. The predicted octanol–water partition coefficient (Wildman–Crippen LogP) is 2.22. The van der Waals surface area contributed by atoms with Gasteiger partial charge in [-0.25, -0.2) is 4.98 Å². The molecule has 1 fully saturated rings. The van der Waals surface area contributed by atoms with E-state index in [9.17, 15) is 4.79 Å². The van der Waals surface area contributed by atoms with Gasteiger partial charge in [0.1, 0.15) is 30.4 Å². The molecule has 1 aliphatic rings. The van der Waals surface area contributed by atoms with E-state index in [2.05, 4.69) is 23.7 Å². The van der Waals surface area contributed by atoms with Crippen LogP contribution in [-0.4, -0.2) is 30.6 Å². The van der Waals surface area contributed by atoms with Gasteiger partial charge in [0.15, 0.2) is 0 Å². The molecular formula is C16H19NO3. The Morgan fingerprint density at radius 2 is 2.30 bits per heavy atom. The molecule has 0 N–H and O–H groups in total. The van der Waals surface area contributed by atoms with Crippen LogP contribution in [-0.2, 0) is 9.53 Å². The zero-order chi connectivity index (χ0) is 14.2. The normalized spacial score (nSPS) is 20.4. The van der Waals surface area contributed by atoms with Crippen molar-refractivity contribution in [2.24, 2.45) is 5.92 Å². The first kappa shape index (κ1) is 14.5. The first-order valence-electron chi connectivity index (χ1n) is 6.96. The highest BCUT2D eigenvalue weighted by Gasteiger charge is 2.30. The third-order valence-electron chi connectivity index (χ3n) is 3.10. The average molecular weight is 273 g/mol. The van der Waals surface area contributed by atoms with Crippen molar-refractivity contribution in [3.05, 3.63) is 24.0 Å². The van der Waals surface area contributed by atoms with E-state index in [0.717, 1.165) is 37.9 Å². The molecule has 4 heteroatoms. The van der Waals surface area contributed by atoms with Gasteiger partial charge in [0.25, 0.3) is 0 Å². The van der Waals surface area contributed by atoms with Gasteiger partial charge in [0, 0.05) is 12.5 Å². The van der Waals surface area contributed by atoms with E-state index in [0.29, 0.717) is 12.3 Å². The van der Waals surface area contributed by atoms with Gasteiger partial charge in [-0.05, 0) is 37.3 Å². The minimum atomic E-state index is 0.145. The van der Waals surface area contributed by atoms with Crippen molar-refractivity contribution in [1.29, 1.82) is 0 Å². The molecular weight excluding hydrogens is 254 g/mol. The van der Waals surface area contributed by atoms with Gasteiger partial charge in [-0.1, -0.05) is 12.8 Å². The van der Waals surface area contributed by atoms with Gasteiger partial charge < -0.3 is 14.3 Å². The lowest BCUT2D eigenvalue weighted by Gasteiger charge is -2.31. The second-order valence-electron chi connectivity index (χ2n) is 4.84. The summed E-state index contributed by atoms with van der Waals surface area (Å²) in [6.45, 7) is 3.23. The molecule has 20 heavy (non-hydrogen) atoms. The van der Waals surface area contributed by atoms with E-state index in [1.807, 2.05) is 12.1 Å². The zero-order valence-electron chi connectivity index (χ0n) is 11.7. The molecule has 0 aliphatic heterocycles. The molecule has 0 unspecified atom stereocenters. The van der Waals surface area contributed by atoms with Crippen molar-refractivity contribution >= 4 is 6.29 Å². The minimum Gasteiger partial charge on any atom is -0.489 e. The van der Waals surface area contributed by atoms with Crippen LogP contribution in [0.25, 0.3) is 0 Å². The van der Waals surface area contributed by atoms with Gasteiger partial charge in [0.2, 0.25) is 0 Å². The second kappa shape index (κ2) is 7.66. The summed E-state index contributed by atoms with van der Waals surface area (Å²) >= 11 is 0. The summed E-state index contributed by atoms with van der Waals surface area (Å²) in [6, 6.07) is 3.69. The van der Waals surface area contributed by atoms with E-state index >= 15 is 0 Å². The van der Waals surface area contributed by atoms with Crippen LogP contribution in [0.15, 0.2) is 18.3 Å². The molecule has 106 valence electrons. The fourth-order valence-electron chi connectivity index (χ4n) is 1.92. The van der Waals surface area contributed by atoms with Gasteiger partial charge in [-0.2, -0.15) is 0 Å². The summed E-state index contributed by atoms with van der Waals surface area (Å²) in [5, 5.41) is 0. The maximum atomic E-state index is 10.5. The third-order valence-corrected chi connectivity index (χ3v) is 3.10. The topological polar surface area (TPSA) is 48.4 Å². The number of aldehydes is 1. The lowest BCUT2D eigenvalue weighted by Crippen LogP contribution is -2.34. The quantitative estimate of drug-likeness (QED) is 0.453. The molecule has 1 aliphatic carbocycles. The van der Waals surface area contributed by atoms with Crippen LogP contribution in [0.3, 0.4) is 0 Å². The van der Waals surface area contributed by atoms with Crippen LogP contribution in [0.1, 0.15) is 31.9 Å². The van der Waals surface area contributed by atoms with E-state index in [1.165, 1.54) is 0 Å². The molecule has 0 radical (unpaired) electrons. The monoisotopic (exact) mass is 273 g/mol. The highest BCUT2D eigenvalue weighted by atomic mass is 16.5. The van der Waals surface area contributed by atoms with Crippen molar-refractivity contribution in [2.45, 2.75) is 32.3 Å². The van der Waals surface area contributed by atoms with Crippen LogP contribution in [0, 0.1) is 17.8 Å². The molecule has 4 nitrogen and oxygen atoms in total. The number of carbonyl (C=O) groups is 1. The Morgan fingerprint density at radius 3 is 2.95 bits per heavy atom.